The zero-order valence-corrected chi connectivity index (χ0v) is 13.0. The lowest BCUT2D eigenvalue weighted by molar-refractivity contribution is 0.418. The number of fused-ring (bicyclic) bond motifs is 1. The molecule has 5 nitrogen and oxygen atoms in total. The van der Waals surface area contributed by atoms with Crippen molar-refractivity contribution in [3.8, 4) is 0 Å². The van der Waals surface area contributed by atoms with E-state index in [2.05, 4.69) is 70.1 Å². The van der Waals surface area contributed by atoms with Gasteiger partial charge in [0.05, 0.1) is 6.04 Å². The summed E-state index contributed by atoms with van der Waals surface area (Å²) in [6, 6.07) is 15.1. The third kappa shape index (κ3) is 3.14. The summed E-state index contributed by atoms with van der Waals surface area (Å²) in [5.41, 5.74) is 1.22. The number of rotatable bonds is 6. The fourth-order valence-corrected chi connectivity index (χ4v) is 2.68. The molecule has 1 aromatic heterocycles. The van der Waals surface area contributed by atoms with Gasteiger partial charge in [-0.1, -0.05) is 43.3 Å². The second-order valence-electron chi connectivity index (χ2n) is 5.42. The molecule has 114 valence electrons. The highest BCUT2D eigenvalue weighted by Gasteiger charge is 2.16. The molecule has 3 rings (SSSR count). The predicted octanol–water partition coefficient (Wildman–Crippen LogP) is 2.72. The fraction of sp³-hybridized carbons (Fsp3) is 0.353. The Morgan fingerprint density at radius 3 is 2.68 bits per heavy atom. The SMILES string of the molecule is CCNCCC(c1ccc2ccccc2c1)n1nnc(C)n1. The molecular formula is C17H21N5. The quantitative estimate of drug-likeness (QED) is 0.710. The minimum Gasteiger partial charge on any atom is -0.317 e. The van der Waals surface area contributed by atoms with Crippen molar-refractivity contribution in [1.29, 1.82) is 0 Å². The number of hydrogen-bond donors (Lipinski definition) is 1. The van der Waals surface area contributed by atoms with E-state index in [4.69, 9.17) is 0 Å². The summed E-state index contributed by atoms with van der Waals surface area (Å²) < 4.78 is 0. The number of aromatic nitrogens is 4. The Labute approximate surface area is 130 Å². The monoisotopic (exact) mass is 295 g/mol. The van der Waals surface area contributed by atoms with Gasteiger partial charge in [0.25, 0.3) is 0 Å². The van der Waals surface area contributed by atoms with Gasteiger partial charge >= 0.3 is 0 Å². The average Bonchev–Trinajstić information content (AvgIpc) is 2.97. The Morgan fingerprint density at radius 2 is 1.95 bits per heavy atom. The topological polar surface area (TPSA) is 55.6 Å². The van der Waals surface area contributed by atoms with Crippen molar-refractivity contribution < 1.29 is 0 Å². The molecular weight excluding hydrogens is 274 g/mol. The Balaban J connectivity index is 1.95. The van der Waals surface area contributed by atoms with Crippen LogP contribution < -0.4 is 5.32 Å². The van der Waals surface area contributed by atoms with Crippen molar-refractivity contribution in [3.63, 3.8) is 0 Å². The van der Waals surface area contributed by atoms with Gasteiger partial charge in [-0.3, -0.25) is 0 Å². The van der Waals surface area contributed by atoms with Gasteiger partial charge in [-0.15, -0.1) is 10.2 Å². The normalized spacial score (nSPS) is 12.6. The van der Waals surface area contributed by atoms with E-state index in [1.165, 1.54) is 16.3 Å². The van der Waals surface area contributed by atoms with Crippen LogP contribution in [0.2, 0.25) is 0 Å². The van der Waals surface area contributed by atoms with Gasteiger partial charge in [-0.05, 0) is 54.0 Å². The molecule has 1 heterocycles. The highest BCUT2D eigenvalue weighted by atomic mass is 15.6. The predicted molar refractivity (Wildman–Crippen MR) is 87.8 cm³/mol. The van der Waals surface area contributed by atoms with Crippen molar-refractivity contribution in [2.75, 3.05) is 13.1 Å². The van der Waals surface area contributed by atoms with E-state index < -0.39 is 0 Å². The first-order valence-corrected chi connectivity index (χ1v) is 7.73. The maximum atomic E-state index is 4.41. The van der Waals surface area contributed by atoms with Crippen LogP contribution in [0.15, 0.2) is 42.5 Å². The molecule has 0 aliphatic carbocycles. The molecule has 1 atom stereocenters. The number of hydrogen-bond acceptors (Lipinski definition) is 4. The number of benzene rings is 2. The Kier molecular flexibility index (Phi) is 4.44. The summed E-state index contributed by atoms with van der Waals surface area (Å²) in [6.45, 7) is 5.87. The second kappa shape index (κ2) is 6.66. The van der Waals surface area contributed by atoms with Crippen LogP contribution in [0.1, 0.15) is 30.8 Å². The minimum atomic E-state index is 0.102. The van der Waals surface area contributed by atoms with Gasteiger partial charge in [0, 0.05) is 0 Å². The molecule has 1 unspecified atom stereocenters. The van der Waals surface area contributed by atoms with Gasteiger partial charge in [0.1, 0.15) is 0 Å². The Bertz CT molecular complexity index is 749. The van der Waals surface area contributed by atoms with Crippen LogP contribution in [-0.4, -0.2) is 33.3 Å². The lowest BCUT2D eigenvalue weighted by Crippen LogP contribution is -2.22. The molecule has 0 spiro atoms. The highest BCUT2D eigenvalue weighted by Crippen LogP contribution is 2.24. The van der Waals surface area contributed by atoms with E-state index >= 15 is 0 Å². The summed E-state index contributed by atoms with van der Waals surface area (Å²) in [7, 11) is 0. The molecule has 22 heavy (non-hydrogen) atoms. The molecule has 5 heteroatoms. The second-order valence-corrected chi connectivity index (χ2v) is 5.42. The fourth-order valence-electron chi connectivity index (χ4n) is 2.68. The first kappa shape index (κ1) is 14.7. The number of aryl methyl sites for hydroxylation is 1. The number of nitrogens with zero attached hydrogens (tertiary/aromatic N) is 4. The average molecular weight is 295 g/mol. The van der Waals surface area contributed by atoms with Crippen LogP contribution in [0, 0.1) is 6.92 Å². The van der Waals surface area contributed by atoms with Crippen LogP contribution in [0.4, 0.5) is 0 Å². The Hall–Kier alpha value is -2.27. The molecule has 0 amide bonds. The Morgan fingerprint density at radius 1 is 1.14 bits per heavy atom. The van der Waals surface area contributed by atoms with Crippen LogP contribution in [0.25, 0.3) is 10.8 Å². The lowest BCUT2D eigenvalue weighted by Gasteiger charge is -2.17. The van der Waals surface area contributed by atoms with Crippen molar-refractivity contribution in [2.45, 2.75) is 26.3 Å². The van der Waals surface area contributed by atoms with Crippen LogP contribution in [0.5, 0.6) is 0 Å². The lowest BCUT2D eigenvalue weighted by atomic mass is 10.00. The van der Waals surface area contributed by atoms with E-state index in [0.717, 1.165) is 19.5 Å². The molecule has 3 aromatic rings. The molecule has 0 aliphatic rings. The number of tetrazole rings is 1. The molecule has 0 bridgehead atoms. The summed E-state index contributed by atoms with van der Waals surface area (Å²) in [5, 5.41) is 18.5. The van der Waals surface area contributed by atoms with Crippen LogP contribution >= 0.6 is 0 Å². The molecule has 2 aromatic carbocycles. The van der Waals surface area contributed by atoms with Crippen LogP contribution in [-0.2, 0) is 0 Å². The van der Waals surface area contributed by atoms with E-state index in [-0.39, 0.29) is 6.04 Å². The van der Waals surface area contributed by atoms with Gasteiger partial charge < -0.3 is 5.32 Å². The molecule has 0 fully saturated rings. The molecule has 0 aliphatic heterocycles. The summed E-state index contributed by atoms with van der Waals surface area (Å²) in [5.74, 6) is 0.703. The first-order chi connectivity index (χ1) is 10.8. The van der Waals surface area contributed by atoms with Crippen LogP contribution in [0.3, 0.4) is 0 Å². The standard InChI is InChI=1S/C17H21N5/c1-3-18-11-10-17(22-20-13(2)19-21-22)16-9-8-14-6-4-5-7-15(14)12-16/h4-9,12,17-18H,3,10-11H2,1-2H3. The summed E-state index contributed by atoms with van der Waals surface area (Å²) in [6.07, 6.45) is 0.933. The van der Waals surface area contributed by atoms with E-state index in [0.29, 0.717) is 5.82 Å². The third-order valence-corrected chi connectivity index (χ3v) is 3.81. The zero-order valence-electron chi connectivity index (χ0n) is 13.0. The largest absolute Gasteiger partial charge is 0.317 e. The maximum Gasteiger partial charge on any atom is 0.171 e. The minimum absolute atomic E-state index is 0.102. The molecule has 0 saturated heterocycles. The van der Waals surface area contributed by atoms with E-state index in [9.17, 15) is 0 Å². The zero-order chi connectivity index (χ0) is 15.4. The van der Waals surface area contributed by atoms with Gasteiger partial charge in [-0.25, -0.2) is 0 Å². The molecule has 0 radical (unpaired) electrons. The van der Waals surface area contributed by atoms with Crippen molar-refractivity contribution >= 4 is 10.8 Å². The van der Waals surface area contributed by atoms with Crippen molar-refractivity contribution in [2.24, 2.45) is 0 Å². The summed E-state index contributed by atoms with van der Waals surface area (Å²) >= 11 is 0. The van der Waals surface area contributed by atoms with Crippen molar-refractivity contribution in [1.82, 2.24) is 25.5 Å². The van der Waals surface area contributed by atoms with E-state index in [1.807, 2.05) is 6.92 Å². The first-order valence-electron chi connectivity index (χ1n) is 7.73. The van der Waals surface area contributed by atoms with Gasteiger partial charge in [0.2, 0.25) is 0 Å². The smallest absolute Gasteiger partial charge is 0.171 e. The third-order valence-electron chi connectivity index (χ3n) is 3.81. The van der Waals surface area contributed by atoms with E-state index in [1.54, 1.807) is 4.80 Å². The van der Waals surface area contributed by atoms with Crippen molar-refractivity contribution in [3.05, 3.63) is 53.9 Å². The summed E-state index contributed by atoms with van der Waals surface area (Å²) in [4.78, 5) is 1.73. The highest BCUT2D eigenvalue weighted by molar-refractivity contribution is 5.83. The molecule has 1 N–H and O–H groups in total. The van der Waals surface area contributed by atoms with Gasteiger partial charge in [-0.2, -0.15) is 4.80 Å². The van der Waals surface area contributed by atoms with Gasteiger partial charge in [0.15, 0.2) is 5.82 Å². The maximum absolute atomic E-state index is 4.41. The number of nitrogens with one attached hydrogen (secondary N) is 1. The molecule has 0 saturated carbocycles.